The number of nitrogens with zero attached hydrogens (tertiary/aromatic N) is 2. The zero-order valence-corrected chi connectivity index (χ0v) is 9.54. The van der Waals surface area contributed by atoms with E-state index in [0.717, 1.165) is 25.9 Å². The van der Waals surface area contributed by atoms with E-state index < -0.39 is 11.9 Å². The normalized spacial score (nSPS) is 18.3. The Labute approximate surface area is 99.2 Å². The molecule has 1 aliphatic rings. The summed E-state index contributed by atoms with van der Waals surface area (Å²) < 4.78 is 13.7. The molecule has 1 atom stereocenters. The largest absolute Gasteiger partial charge is 0.284 e. The minimum Gasteiger partial charge on any atom is -0.284 e. The van der Waals surface area contributed by atoms with E-state index in [9.17, 15) is 4.39 Å². The number of hydrogen-bond acceptors (Lipinski definition) is 2. The predicted octanol–water partition coefficient (Wildman–Crippen LogP) is 3.14. The second kappa shape index (κ2) is 4.82. The van der Waals surface area contributed by atoms with Gasteiger partial charge in [0.1, 0.15) is 11.9 Å². The van der Waals surface area contributed by atoms with Gasteiger partial charge in [0.2, 0.25) is 0 Å². The van der Waals surface area contributed by atoms with E-state index >= 15 is 0 Å². The van der Waals surface area contributed by atoms with E-state index in [0.29, 0.717) is 10.6 Å². The Morgan fingerprint density at radius 3 is 2.62 bits per heavy atom. The van der Waals surface area contributed by atoms with Crippen molar-refractivity contribution in [2.24, 2.45) is 0 Å². The molecule has 1 heterocycles. The van der Waals surface area contributed by atoms with Crippen LogP contribution >= 0.6 is 11.6 Å². The molecule has 0 aromatic heterocycles. The van der Waals surface area contributed by atoms with Crippen LogP contribution in [-0.2, 0) is 0 Å². The minimum absolute atomic E-state index is 0.361. The first kappa shape index (κ1) is 11.4. The van der Waals surface area contributed by atoms with Crippen LogP contribution in [0.3, 0.4) is 0 Å². The number of halogens is 2. The van der Waals surface area contributed by atoms with Gasteiger partial charge in [0, 0.05) is 10.6 Å². The van der Waals surface area contributed by atoms with E-state index in [-0.39, 0.29) is 0 Å². The molecular weight excluding hydrogens is 227 g/mol. The zero-order valence-electron chi connectivity index (χ0n) is 8.79. The Hall–Kier alpha value is -1.11. The fourth-order valence-corrected chi connectivity index (χ4v) is 2.23. The number of benzene rings is 1. The highest BCUT2D eigenvalue weighted by atomic mass is 35.5. The molecule has 1 aromatic rings. The Morgan fingerprint density at radius 1 is 1.38 bits per heavy atom. The average molecular weight is 239 g/mol. The van der Waals surface area contributed by atoms with Crippen molar-refractivity contribution in [3.63, 3.8) is 0 Å². The quantitative estimate of drug-likeness (QED) is 0.792. The lowest BCUT2D eigenvalue weighted by molar-refractivity contribution is 0.288. The van der Waals surface area contributed by atoms with Crippen molar-refractivity contribution in [2.45, 2.75) is 18.9 Å². The number of hydrogen-bond donors (Lipinski definition) is 0. The van der Waals surface area contributed by atoms with Gasteiger partial charge in [0.05, 0.1) is 6.07 Å². The van der Waals surface area contributed by atoms with Gasteiger partial charge in [-0.3, -0.25) is 4.90 Å². The maximum absolute atomic E-state index is 13.7. The van der Waals surface area contributed by atoms with Gasteiger partial charge < -0.3 is 0 Å². The first-order valence-electron chi connectivity index (χ1n) is 5.31. The lowest BCUT2D eigenvalue weighted by atomic mass is 10.1. The van der Waals surface area contributed by atoms with Crippen molar-refractivity contribution in [2.75, 3.05) is 13.1 Å². The van der Waals surface area contributed by atoms with Gasteiger partial charge in [-0.2, -0.15) is 5.26 Å². The van der Waals surface area contributed by atoms with Crippen LogP contribution in [0.15, 0.2) is 18.2 Å². The molecule has 16 heavy (non-hydrogen) atoms. The van der Waals surface area contributed by atoms with Crippen molar-refractivity contribution in [3.05, 3.63) is 34.6 Å². The molecule has 1 aromatic carbocycles. The van der Waals surface area contributed by atoms with Gasteiger partial charge in [-0.1, -0.05) is 17.7 Å². The van der Waals surface area contributed by atoms with Crippen LogP contribution in [0.4, 0.5) is 4.39 Å². The number of likely N-dealkylation sites (tertiary alicyclic amines) is 1. The Kier molecular flexibility index (Phi) is 3.42. The standard InChI is InChI=1S/C12H12ClFN2/c13-9-3-4-10(11(14)7-9)12(8-15)16-5-1-2-6-16/h3-4,7,12H,1-2,5-6H2. The molecule has 0 bridgehead atoms. The molecule has 84 valence electrons. The second-order valence-electron chi connectivity index (χ2n) is 3.94. The van der Waals surface area contributed by atoms with Crippen LogP contribution in [0, 0.1) is 17.1 Å². The SMILES string of the molecule is N#CC(c1ccc(Cl)cc1F)N1CCCC1. The van der Waals surface area contributed by atoms with Crippen LogP contribution in [-0.4, -0.2) is 18.0 Å². The molecule has 1 fully saturated rings. The lowest BCUT2D eigenvalue weighted by Crippen LogP contribution is -2.25. The molecule has 2 nitrogen and oxygen atoms in total. The summed E-state index contributed by atoms with van der Waals surface area (Å²) >= 11 is 5.69. The summed E-state index contributed by atoms with van der Waals surface area (Å²) in [6.45, 7) is 1.72. The Morgan fingerprint density at radius 2 is 2.06 bits per heavy atom. The third-order valence-corrected chi connectivity index (χ3v) is 3.12. The van der Waals surface area contributed by atoms with Gasteiger partial charge in [-0.25, -0.2) is 4.39 Å². The van der Waals surface area contributed by atoms with E-state index in [1.54, 1.807) is 12.1 Å². The highest BCUT2D eigenvalue weighted by Crippen LogP contribution is 2.27. The molecule has 0 amide bonds. The van der Waals surface area contributed by atoms with E-state index in [1.165, 1.54) is 6.07 Å². The maximum Gasteiger partial charge on any atom is 0.130 e. The highest BCUT2D eigenvalue weighted by molar-refractivity contribution is 6.30. The molecule has 0 N–H and O–H groups in total. The molecular formula is C12H12ClFN2. The van der Waals surface area contributed by atoms with Gasteiger partial charge in [-0.15, -0.1) is 0 Å². The van der Waals surface area contributed by atoms with Gasteiger partial charge in [-0.05, 0) is 38.1 Å². The molecule has 1 unspecified atom stereocenters. The zero-order chi connectivity index (χ0) is 11.5. The van der Waals surface area contributed by atoms with Crippen LogP contribution in [0.25, 0.3) is 0 Å². The first-order chi connectivity index (χ1) is 7.72. The number of nitriles is 1. The Balaban J connectivity index is 2.30. The molecule has 1 saturated heterocycles. The number of rotatable bonds is 2. The van der Waals surface area contributed by atoms with Crippen LogP contribution in [0.2, 0.25) is 5.02 Å². The van der Waals surface area contributed by atoms with E-state index in [4.69, 9.17) is 16.9 Å². The van der Waals surface area contributed by atoms with Crippen LogP contribution in [0.1, 0.15) is 24.4 Å². The summed E-state index contributed by atoms with van der Waals surface area (Å²) in [4.78, 5) is 2.01. The average Bonchev–Trinajstić information content (AvgIpc) is 2.75. The van der Waals surface area contributed by atoms with Gasteiger partial charge in [0.15, 0.2) is 0 Å². The molecule has 2 rings (SSSR count). The van der Waals surface area contributed by atoms with Gasteiger partial charge in [0.25, 0.3) is 0 Å². The fraction of sp³-hybridized carbons (Fsp3) is 0.417. The van der Waals surface area contributed by atoms with Crippen LogP contribution < -0.4 is 0 Å². The van der Waals surface area contributed by atoms with Crippen molar-refractivity contribution in [1.82, 2.24) is 4.90 Å². The summed E-state index contributed by atoms with van der Waals surface area (Å²) in [5.74, 6) is -0.397. The minimum atomic E-state index is -0.486. The van der Waals surface area contributed by atoms with Crippen molar-refractivity contribution >= 4 is 11.6 Å². The summed E-state index contributed by atoms with van der Waals surface area (Å²) in [7, 11) is 0. The third kappa shape index (κ3) is 2.18. The topological polar surface area (TPSA) is 27.0 Å². The van der Waals surface area contributed by atoms with Crippen molar-refractivity contribution in [3.8, 4) is 6.07 Å². The summed E-state index contributed by atoms with van der Waals surface area (Å²) in [5.41, 5.74) is 0.425. The third-order valence-electron chi connectivity index (χ3n) is 2.89. The van der Waals surface area contributed by atoms with E-state index in [1.807, 2.05) is 4.90 Å². The highest BCUT2D eigenvalue weighted by Gasteiger charge is 2.25. The molecule has 0 aliphatic carbocycles. The molecule has 1 aliphatic heterocycles. The monoisotopic (exact) mass is 238 g/mol. The molecule has 4 heteroatoms. The second-order valence-corrected chi connectivity index (χ2v) is 4.38. The first-order valence-corrected chi connectivity index (χ1v) is 5.69. The predicted molar refractivity (Wildman–Crippen MR) is 60.6 cm³/mol. The molecule has 0 saturated carbocycles. The smallest absolute Gasteiger partial charge is 0.130 e. The summed E-state index contributed by atoms with van der Waals surface area (Å²) in [6, 6.07) is 6.16. The summed E-state index contributed by atoms with van der Waals surface area (Å²) in [6.07, 6.45) is 2.15. The van der Waals surface area contributed by atoms with Crippen molar-refractivity contribution in [1.29, 1.82) is 5.26 Å². The molecule has 0 radical (unpaired) electrons. The lowest BCUT2D eigenvalue weighted by Gasteiger charge is -2.21. The maximum atomic E-state index is 13.7. The van der Waals surface area contributed by atoms with E-state index in [2.05, 4.69) is 6.07 Å². The van der Waals surface area contributed by atoms with Crippen molar-refractivity contribution < 1.29 is 4.39 Å². The Bertz CT molecular complexity index is 422. The molecule has 0 spiro atoms. The fourth-order valence-electron chi connectivity index (χ4n) is 2.07. The summed E-state index contributed by atoms with van der Waals surface area (Å²) in [5, 5.41) is 9.50. The van der Waals surface area contributed by atoms with Gasteiger partial charge >= 0.3 is 0 Å². The van der Waals surface area contributed by atoms with Crippen LogP contribution in [0.5, 0.6) is 0 Å².